The number of amides is 1. The molecule has 7 heteroatoms. The van der Waals surface area contributed by atoms with Gasteiger partial charge in [-0.25, -0.2) is 9.97 Å². The lowest BCUT2D eigenvalue weighted by Crippen LogP contribution is -2.52. The average molecular weight is 576 g/mol. The summed E-state index contributed by atoms with van der Waals surface area (Å²) in [5.41, 5.74) is 2.23. The van der Waals surface area contributed by atoms with E-state index in [-0.39, 0.29) is 11.3 Å². The van der Waals surface area contributed by atoms with Crippen LogP contribution < -0.4 is 9.64 Å². The summed E-state index contributed by atoms with van der Waals surface area (Å²) in [5, 5.41) is 12.6. The van der Waals surface area contributed by atoms with Crippen molar-refractivity contribution in [1.29, 1.82) is 0 Å². The number of aryl methyl sites for hydroxylation is 1. The summed E-state index contributed by atoms with van der Waals surface area (Å²) in [4.78, 5) is 26.3. The predicted molar refractivity (Wildman–Crippen MR) is 167 cm³/mol. The molecular weight excluding hydrogens is 530 g/mol. The molecule has 3 aromatic rings. The van der Waals surface area contributed by atoms with E-state index in [0.29, 0.717) is 37.0 Å². The van der Waals surface area contributed by atoms with Gasteiger partial charge < -0.3 is 9.84 Å². The zero-order valence-electron chi connectivity index (χ0n) is 25.3. The van der Waals surface area contributed by atoms with E-state index in [2.05, 4.69) is 55.9 Å². The smallest absolute Gasteiger partial charge is 0.260 e. The summed E-state index contributed by atoms with van der Waals surface area (Å²) in [7, 11) is 1.72. The topological polar surface area (TPSA) is 75.5 Å². The fourth-order valence-electron chi connectivity index (χ4n) is 6.45. The van der Waals surface area contributed by atoms with Crippen LogP contribution >= 0.6 is 11.3 Å². The minimum atomic E-state index is -1.31. The molecule has 0 saturated heterocycles. The summed E-state index contributed by atoms with van der Waals surface area (Å²) in [6.07, 6.45) is 11.9. The van der Waals surface area contributed by atoms with Gasteiger partial charge in [0, 0.05) is 24.4 Å². The van der Waals surface area contributed by atoms with E-state index in [1.54, 1.807) is 24.6 Å². The van der Waals surface area contributed by atoms with Gasteiger partial charge in [-0.05, 0) is 92.2 Å². The summed E-state index contributed by atoms with van der Waals surface area (Å²) in [6, 6.07) is 10.5. The van der Waals surface area contributed by atoms with E-state index in [0.717, 1.165) is 66.1 Å². The number of aromatic nitrogens is 2. The molecule has 2 aliphatic carbocycles. The third-order valence-electron chi connectivity index (χ3n) is 8.96. The zero-order chi connectivity index (χ0) is 29.2. The second-order valence-electron chi connectivity index (χ2n) is 13.1. The highest BCUT2D eigenvalue weighted by Gasteiger charge is 2.42. The normalized spacial score (nSPS) is 20.9. The third-order valence-corrected chi connectivity index (χ3v) is 10.4. The number of nitrogens with zero attached hydrogens (tertiary/aromatic N) is 3. The van der Waals surface area contributed by atoms with Gasteiger partial charge in [0.15, 0.2) is 0 Å². The second-order valence-corrected chi connectivity index (χ2v) is 14.2. The number of anilines is 1. The first-order valence-corrected chi connectivity index (χ1v) is 16.0. The summed E-state index contributed by atoms with van der Waals surface area (Å²) >= 11 is 1.69. The molecule has 5 rings (SSSR count). The maximum atomic E-state index is 14.1. The molecule has 0 unspecified atom stereocenters. The Hall–Kier alpha value is -2.77. The number of benzene rings is 1. The Morgan fingerprint density at radius 2 is 1.80 bits per heavy atom. The van der Waals surface area contributed by atoms with Crippen LogP contribution in [0.4, 0.5) is 5.82 Å². The quantitative estimate of drug-likeness (QED) is 0.311. The molecule has 220 valence electrons. The molecule has 0 bridgehead atoms. The van der Waals surface area contributed by atoms with E-state index in [1.807, 2.05) is 23.2 Å². The molecule has 2 aliphatic rings. The molecule has 2 aromatic heterocycles. The van der Waals surface area contributed by atoms with Gasteiger partial charge in [-0.1, -0.05) is 52.2 Å². The lowest BCUT2D eigenvalue weighted by atomic mass is 9.78. The van der Waals surface area contributed by atoms with Crippen LogP contribution in [0.25, 0.3) is 10.4 Å². The Kier molecular flexibility index (Phi) is 8.86. The van der Waals surface area contributed by atoms with E-state index in [4.69, 9.17) is 4.74 Å². The number of hydrogen-bond donors (Lipinski definition) is 1. The first kappa shape index (κ1) is 29.7. The van der Waals surface area contributed by atoms with Crippen LogP contribution in [0.1, 0.15) is 101 Å². The summed E-state index contributed by atoms with van der Waals surface area (Å²) < 4.78 is 5.46. The van der Waals surface area contributed by atoms with Crippen molar-refractivity contribution in [2.45, 2.75) is 102 Å². The minimum Gasteiger partial charge on any atom is -0.496 e. The van der Waals surface area contributed by atoms with Gasteiger partial charge in [0.05, 0.1) is 17.0 Å². The number of aliphatic hydroxyl groups is 1. The largest absolute Gasteiger partial charge is 0.496 e. The van der Waals surface area contributed by atoms with Crippen LogP contribution in [0, 0.1) is 12.8 Å². The molecule has 41 heavy (non-hydrogen) atoms. The number of thiazole rings is 1. The van der Waals surface area contributed by atoms with Crippen LogP contribution in [0.15, 0.2) is 42.7 Å². The summed E-state index contributed by atoms with van der Waals surface area (Å²) in [6.45, 7) is 9.20. The number of carbonyl (C=O) groups excluding carboxylic acids is 1. The maximum absolute atomic E-state index is 14.1. The molecular formula is C34H45N3O3S. The lowest BCUT2D eigenvalue weighted by molar-refractivity contribution is -0.140. The SMILES string of the molecule is COc1ccc(C2CCC(CN(C(=O)C3(O)CCCCC3)c3cc(-c4cnc(C(C)(C)C)s4)ccn3)CC2)cc1C. The molecule has 6 nitrogen and oxygen atoms in total. The molecule has 0 atom stereocenters. The molecule has 0 radical (unpaired) electrons. The second kappa shape index (κ2) is 12.2. The van der Waals surface area contributed by atoms with Crippen molar-refractivity contribution in [1.82, 2.24) is 9.97 Å². The van der Waals surface area contributed by atoms with Crippen molar-refractivity contribution in [3.63, 3.8) is 0 Å². The van der Waals surface area contributed by atoms with Gasteiger partial charge in [0.1, 0.15) is 17.2 Å². The molecule has 2 heterocycles. The Bertz CT molecular complexity index is 1350. The highest BCUT2D eigenvalue weighted by molar-refractivity contribution is 7.15. The number of methoxy groups -OCH3 is 1. The Morgan fingerprint density at radius 1 is 1.07 bits per heavy atom. The van der Waals surface area contributed by atoms with Gasteiger partial charge >= 0.3 is 0 Å². The molecule has 1 aromatic carbocycles. The zero-order valence-corrected chi connectivity index (χ0v) is 26.1. The van der Waals surface area contributed by atoms with Crippen molar-refractivity contribution >= 4 is 23.1 Å². The molecule has 0 aliphatic heterocycles. The van der Waals surface area contributed by atoms with Gasteiger partial charge in [-0.2, -0.15) is 0 Å². The van der Waals surface area contributed by atoms with Crippen LogP contribution in [0.5, 0.6) is 5.75 Å². The monoisotopic (exact) mass is 575 g/mol. The van der Waals surface area contributed by atoms with Crippen molar-refractivity contribution in [3.05, 3.63) is 58.9 Å². The number of rotatable bonds is 7. The van der Waals surface area contributed by atoms with E-state index in [1.165, 1.54) is 11.1 Å². The number of ether oxygens (including phenoxy) is 1. The number of pyridine rings is 1. The van der Waals surface area contributed by atoms with Crippen molar-refractivity contribution in [3.8, 4) is 16.2 Å². The first-order chi connectivity index (χ1) is 19.6. The maximum Gasteiger partial charge on any atom is 0.260 e. The standard InChI is InChI=1S/C34H45N3O3S/c1-23-19-26(13-14-28(23)40-5)25-11-9-24(10-12-25)22-37(32(38)34(39)16-7-6-8-17-34)30-20-27(15-18-35-30)29-21-36-31(41-29)33(2,3)4/h13-15,18-21,24-25,39H,6-12,16-17,22H2,1-5H3. The number of carbonyl (C=O) groups is 1. The molecule has 2 saturated carbocycles. The molecule has 2 fully saturated rings. The van der Waals surface area contributed by atoms with Gasteiger partial charge in [0.25, 0.3) is 5.91 Å². The van der Waals surface area contributed by atoms with Gasteiger partial charge in [-0.3, -0.25) is 9.69 Å². The fraction of sp³-hybridized carbons (Fsp3) is 0.559. The molecule has 1 amide bonds. The van der Waals surface area contributed by atoms with Crippen LogP contribution in [-0.4, -0.2) is 40.2 Å². The van der Waals surface area contributed by atoms with Gasteiger partial charge in [0.2, 0.25) is 0 Å². The predicted octanol–water partition coefficient (Wildman–Crippen LogP) is 7.82. The Balaban J connectivity index is 1.37. The van der Waals surface area contributed by atoms with Crippen molar-refractivity contribution in [2.24, 2.45) is 5.92 Å². The van der Waals surface area contributed by atoms with Crippen molar-refractivity contribution in [2.75, 3.05) is 18.6 Å². The fourth-order valence-corrected chi connectivity index (χ4v) is 7.42. The Labute approximate surface area is 249 Å². The van der Waals surface area contributed by atoms with Crippen LogP contribution in [0.2, 0.25) is 0 Å². The molecule has 1 N–H and O–H groups in total. The Morgan fingerprint density at radius 3 is 2.44 bits per heavy atom. The highest BCUT2D eigenvalue weighted by Crippen LogP contribution is 2.40. The van der Waals surface area contributed by atoms with Crippen LogP contribution in [0.3, 0.4) is 0 Å². The summed E-state index contributed by atoms with van der Waals surface area (Å²) in [5.74, 6) is 2.26. The van der Waals surface area contributed by atoms with Crippen molar-refractivity contribution < 1.29 is 14.6 Å². The number of hydrogen-bond acceptors (Lipinski definition) is 6. The first-order valence-electron chi connectivity index (χ1n) is 15.2. The third kappa shape index (κ3) is 6.67. The van der Waals surface area contributed by atoms with E-state index >= 15 is 0 Å². The van der Waals surface area contributed by atoms with Gasteiger partial charge in [-0.15, -0.1) is 11.3 Å². The lowest BCUT2D eigenvalue weighted by Gasteiger charge is -2.38. The highest BCUT2D eigenvalue weighted by atomic mass is 32.1. The van der Waals surface area contributed by atoms with Crippen LogP contribution in [-0.2, 0) is 10.2 Å². The van der Waals surface area contributed by atoms with E-state index < -0.39 is 5.60 Å². The average Bonchev–Trinajstić information content (AvgIpc) is 3.48. The van der Waals surface area contributed by atoms with E-state index in [9.17, 15) is 9.90 Å². The minimum absolute atomic E-state index is 0.0195. The molecule has 0 spiro atoms.